The number of hydrogen-bond donors (Lipinski definition) is 2. The Kier molecular flexibility index (Phi) is 8.33. The van der Waals surface area contributed by atoms with Gasteiger partial charge in [0, 0.05) is 23.5 Å². The smallest absolute Gasteiger partial charge is 0.243 e. The monoisotopic (exact) mass is 356 g/mol. The Labute approximate surface area is 155 Å². The van der Waals surface area contributed by atoms with E-state index in [0.29, 0.717) is 13.2 Å². The molecule has 0 saturated carbocycles. The highest BCUT2D eigenvalue weighted by Crippen LogP contribution is 2.19. The first kappa shape index (κ1) is 19.6. The van der Waals surface area contributed by atoms with Gasteiger partial charge in [-0.1, -0.05) is 32.4 Å². The van der Waals surface area contributed by atoms with Crippen LogP contribution >= 0.6 is 0 Å². The number of carbonyl (C=O) groups is 1. The summed E-state index contributed by atoms with van der Waals surface area (Å²) >= 11 is 0. The van der Waals surface area contributed by atoms with E-state index in [1.165, 1.54) is 0 Å². The minimum atomic E-state index is -0.116. The molecule has 0 aromatic heterocycles. The molecule has 0 aliphatic carbocycles. The van der Waals surface area contributed by atoms with Crippen LogP contribution in [0, 0.1) is 0 Å². The lowest BCUT2D eigenvalue weighted by molar-refractivity contribution is -0.114. The summed E-state index contributed by atoms with van der Waals surface area (Å²) in [7, 11) is 0. The molecule has 0 fully saturated rings. The Bertz CT molecular complexity index is 688. The molecule has 2 rings (SSSR count). The number of anilines is 2. The number of hydrogen-bond acceptors (Lipinski definition) is 4. The van der Waals surface area contributed by atoms with E-state index in [2.05, 4.69) is 24.5 Å². The molecule has 0 aliphatic rings. The molecule has 26 heavy (non-hydrogen) atoms. The van der Waals surface area contributed by atoms with E-state index < -0.39 is 0 Å². The first-order chi connectivity index (χ1) is 12.7. The molecule has 0 radical (unpaired) electrons. The van der Waals surface area contributed by atoms with Crippen LogP contribution in [-0.4, -0.2) is 25.7 Å². The number of amides is 1. The number of unbranched alkanes of at least 4 members (excludes halogenated alkanes) is 1. The average Bonchev–Trinajstić information content (AvgIpc) is 2.66. The molecule has 5 heteroatoms. The molecule has 0 saturated heterocycles. The number of nitrogens with one attached hydrogen (secondary N) is 2. The minimum Gasteiger partial charge on any atom is -0.494 e. The van der Waals surface area contributed by atoms with Gasteiger partial charge in [-0.25, -0.2) is 0 Å². The van der Waals surface area contributed by atoms with E-state index in [-0.39, 0.29) is 12.5 Å². The van der Waals surface area contributed by atoms with Crippen LogP contribution in [0.5, 0.6) is 11.5 Å². The second-order valence-electron chi connectivity index (χ2n) is 6.01. The van der Waals surface area contributed by atoms with Gasteiger partial charge >= 0.3 is 0 Å². The van der Waals surface area contributed by atoms with Crippen LogP contribution in [0.15, 0.2) is 48.5 Å². The number of carbonyl (C=O) groups excluding carboxylic acids is 1. The van der Waals surface area contributed by atoms with Gasteiger partial charge in [-0.05, 0) is 37.1 Å². The van der Waals surface area contributed by atoms with Gasteiger partial charge in [-0.15, -0.1) is 0 Å². The van der Waals surface area contributed by atoms with E-state index in [1.54, 1.807) is 0 Å². The van der Waals surface area contributed by atoms with Crippen LogP contribution in [0.1, 0.15) is 33.1 Å². The SMILES string of the molecule is CCCCOc1cccc(NCC(=O)Nc2cccc(OCCC)c2)c1. The summed E-state index contributed by atoms with van der Waals surface area (Å²) in [6, 6.07) is 15.1. The first-order valence-electron chi connectivity index (χ1n) is 9.20. The summed E-state index contributed by atoms with van der Waals surface area (Å²) < 4.78 is 11.3. The summed E-state index contributed by atoms with van der Waals surface area (Å²) in [5.41, 5.74) is 1.58. The van der Waals surface area contributed by atoms with Crippen molar-refractivity contribution >= 4 is 17.3 Å². The Morgan fingerprint density at radius 3 is 2.23 bits per heavy atom. The van der Waals surface area contributed by atoms with Gasteiger partial charge < -0.3 is 20.1 Å². The fourth-order valence-electron chi connectivity index (χ4n) is 2.30. The molecule has 1 amide bonds. The van der Waals surface area contributed by atoms with Crippen molar-refractivity contribution in [3.05, 3.63) is 48.5 Å². The van der Waals surface area contributed by atoms with E-state index in [0.717, 1.165) is 42.1 Å². The second kappa shape index (κ2) is 11.0. The maximum atomic E-state index is 12.2. The zero-order chi connectivity index (χ0) is 18.6. The highest BCUT2D eigenvalue weighted by Gasteiger charge is 2.04. The van der Waals surface area contributed by atoms with Crippen molar-refractivity contribution in [2.45, 2.75) is 33.1 Å². The number of rotatable bonds is 11. The summed E-state index contributed by atoms with van der Waals surface area (Å²) in [5.74, 6) is 1.45. The largest absolute Gasteiger partial charge is 0.494 e. The lowest BCUT2D eigenvalue weighted by Crippen LogP contribution is -2.21. The predicted octanol–water partition coefficient (Wildman–Crippen LogP) is 4.70. The molecule has 0 unspecified atom stereocenters. The number of benzene rings is 2. The van der Waals surface area contributed by atoms with Gasteiger partial charge in [0.15, 0.2) is 0 Å². The van der Waals surface area contributed by atoms with E-state index in [4.69, 9.17) is 9.47 Å². The predicted molar refractivity (Wildman–Crippen MR) is 106 cm³/mol. The first-order valence-corrected chi connectivity index (χ1v) is 9.20. The zero-order valence-corrected chi connectivity index (χ0v) is 15.6. The Balaban J connectivity index is 1.82. The fraction of sp³-hybridized carbons (Fsp3) is 0.381. The second-order valence-corrected chi connectivity index (χ2v) is 6.01. The van der Waals surface area contributed by atoms with Crippen LogP contribution in [-0.2, 0) is 4.79 Å². The standard InChI is InChI=1S/C21H28N2O3/c1-3-5-13-26-19-10-6-8-17(14-19)22-16-21(24)23-18-9-7-11-20(15-18)25-12-4-2/h6-11,14-15,22H,3-5,12-13,16H2,1-2H3,(H,23,24). The molecular formula is C21H28N2O3. The maximum absolute atomic E-state index is 12.2. The molecule has 0 atom stereocenters. The molecule has 0 aliphatic heterocycles. The summed E-state index contributed by atoms with van der Waals surface area (Å²) in [6.07, 6.45) is 3.08. The molecule has 2 N–H and O–H groups in total. The van der Waals surface area contributed by atoms with E-state index in [1.807, 2.05) is 48.5 Å². The Morgan fingerprint density at radius 2 is 1.54 bits per heavy atom. The third-order valence-electron chi connectivity index (χ3n) is 3.64. The molecule has 0 spiro atoms. The molecule has 2 aromatic rings. The summed E-state index contributed by atoms with van der Waals surface area (Å²) in [6.45, 7) is 5.73. The third-order valence-corrected chi connectivity index (χ3v) is 3.64. The summed E-state index contributed by atoms with van der Waals surface area (Å²) in [4.78, 5) is 12.2. The topological polar surface area (TPSA) is 59.6 Å². The zero-order valence-electron chi connectivity index (χ0n) is 15.6. The van der Waals surface area contributed by atoms with Gasteiger partial charge in [0.05, 0.1) is 19.8 Å². The fourth-order valence-corrected chi connectivity index (χ4v) is 2.30. The molecule has 0 heterocycles. The Hall–Kier alpha value is -2.69. The van der Waals surface area contributed by atoms with Crippen LogP contribution in [0.3, 0.4) is 0 Å². The maximum Gasteiger partial charge on any atom is 0.243 e. The van der Waals surface area contributed by atoms with Crippen molar-refractivity contribution in [1.29, 1.82) is 0 Å². The van der Waals surface area contributed by atoms with Gasteiger partial charge in [0.1, 0.15) is 11.5 Å². The normalized spacial score (nSPS) is 10.2. The van der Waals surface area contributed by atoms with Crippen LogP contribution in [0.25, 0.3) is 0 Å². The minimum absolute atomic E-state index is 0.116. The van der Waals surface area contributed by atoms with Crippen molar-refractivity contribution < 1.29 is 14.3 Å². The van der Waals surface area contributed by atoms with Gasteiger partial charge in [-0.2, -0.15) is 0 Å². The highest BCUT2D eigenvalue weighted by molar-refractivity contribution is 5.93. The van der Waals surface area contributed by atoms with Crippen LogP contribution in [0.4, 0.5) is 11.4 Å². The lowest BCUT2D eigenvalue weighted by atomic mass is 10.3. The molecule has 140 valence electrons. The van der Waals surface area contributed by atoms with Crippen molar-refractivity contribution in [2.75, 3.05) is 30.4 Å². The van der Waals surface area contributed by atoms with Crippen molar-refractivity contribution in [3.63, 3.8) is 0 Å². The number of ether oxygens (including phenoxy) is 2. The van der Waals surface area contributed by atoms with Crippen molar-refractivity contribution in [3.8, 4) is 11.5 Å². The molecule has 5 nitrogen and oxygen atoms in total. The van der Waals surface area contributed by atoms with E-state index in [9.17, 15) is 4.79 Å². The lowest BCUT2D eigenvalue weighted by Gasteiger charge is -2.11. The van der Waals surface area contributed by atoms with Gasteiger partial charge in [0.2, 0.25) is 5.91 Å². The van der Waals surface area contributed by atoms with Crippen molar-refractivity contribution in [1.82, 2.24) is 0 Å². The van der Waals surface area contributed by atoms with Crippen LogP contribution < -0.4 is 20.1 Å². The molecular weight excluding hydrogens is 328 g/mol. The van der Waals surface area contributed by atoms with Gasteiger partial charge in [-0.3, -0.25) is 4.79 Å². The summed E-state index contributed by atoms with van der Waals surface area (Å²) in [5, 5.41) is 5.99. The van der Waals surface area contributed by atoms with Gasteiger partial charge in [0.25, 0.3) is 0 Å². The Morgan fingerprint density at radius 1 is 0.885 bits per heavy atom. The highest BCUT2D eigenvalue weighted by atomic mass is 16.5. The van der Waals surface area contributed by atoms with Crippen molar-refractivity contribution in [2.24, 2.45) is 0 Å². The van der Waals surface area contributed by atoms with Crippen LogP contribution in [0.2, 0.25) is 0 Å². The molecule has 0 bridgehead atoms. The average molecular weight is 356 g/mol. The molecule has 2 aromatic carbocycles. The van der Waals surface area contributed by atoms with E-state index >= 15 is 0 Å². The third kappa shape index (κ3) is 7.05. The quantitative estimate of drug-likeness (QED) is 0.573.